The average molecular weight is 558 g/mol. The van der Waals surface area contributed by atoms with Crippen LogP contribution in [0.4, 0.5) is 5.69 Å². The average Bonchev–Trinajstić information content (AvgIpc) is 3.05. The zero-order valence-corrected chi connectivity index (χ0v) is 20.3. The Bertz CT molecular complexity index is 1200. The molecule has 0 aromatic heterocycles. The van der Waals surface area contributed by atoms with Crippen molar-refractivity contribution in [1.82, 2.24) is 0 Å². The predicted molar refractivity (Wildman–Crippen MR) is 128 cm³/mol. The van der Waals surface area contributed by atoms with Crippen molar-refractivity contribution in [2.75, 3.05) is 4.90 Å². The fourth-order valence-electron chi connectivity index (χ4n) is 5.73. The number of halogens is 3. The Balaban J connectivity index is 1.67. The second kappa shape index (κ2) is 6.31. The zero-order valence-electron chi connectivity index (χ0n) is 16.4. The van der Waals surface area contributed by atoms with Crippen molar-refractivity contribution in [2.45, 2.75) is 15.6 Å². The monoisotopic (exact) mass is 555 g/mol. The summed E-state index contributed by atoms with van der Waals surface area (Å²) in [6.07, 6.45) is 0. The highest BCUT2D eigenvalue weighted by Gasteiger charge is 2.72. The lowest BCUT2D eigenvalue weighted by Gasteiger charge is -2.55. The van der Waals surface area contributed by atoms with Gasteiger partial charge in [0.2, 0.25) is 11.8 Å². The van der Waals surface area contributed by atoms with Crippen molar-refractivity contribution in [1.29, 1.82) is 0 Å². The summed E-state index contributed by atoms with van der Waals surface area (Å²) >= 11 is 14.3. The van der Waals surface area contributed by atoms with E-state index in [0.29, 0.717) is 10.7 Å². The Labute approximate surface area is 201 Å². The van der Waals surface area contributed by atoms with Gasteiger partial charge in [-0.1, -0.05) is 98.1 Å². The first-order valence-corrected chi connectivity index (χ1v) is 12.0. The van der Waals surface area contributed by atoms with Gasteiger partial charge >= 0.3 is 0 Å². The third kappa shape index (κ3) is 2.20. The summed E-state index contributed by atoms with van der Waals surface area (Å²) < 4.78 is -1.57. The Morgan fingerprint density at radius 1 is 0.774 bits per heavy atom. The molecule has 1 heterocycles. The smallest absolute Gasteiger partial charge is 0.239 e. The fraction of sp³-hybridized carbons (Fsp3) is 0.200. The minimum Gasteiger partial charge on any atom is -0.274 e. The largest absolute Gasteiger partial charge is 0.274 e. The molecule has 2 bridgehead atoms. The number of hydrogen-bond acceptors (Lipinski definition) is 2. The highest BCUT2D eigenvalue weighted by Crippen LogP contribution is 2.70. The fourth-order valence-corrected chi connectivity index (χ4v) is 8.20. The number of nitrogens with zero attached hydrogens (tertiary/aromatic N) is 1. The number of rotatable bonds is 1. The molecule has 2 atom stereocenters. The summed E-state index contributed by atoms with van der Waals surface area (Å²) in [6, 6.07) is 21.5. The van der Waals surface area contributed by atoms with Gasteiger partial charge in [0.1, 0.15) is 0 Å². The van der Waals surface area contributed by atoms with E-state index in [0.717, 1.165) is 27.8 Å². The molecule has 0 saturated carbocycles. The second-order valence-corrected chi connectivity index (χ2v) is 11.4. The van der Waals surface area contributed by atoms with Crippen LogP contribution in [0, 0.1) is 18.8 Å². The second-order valence-electron chi connectivity index (χ2n) is 8.41. The van der Waals surface area contributed by atoms with Crippen molar-refractivity contribution in [2.24, 2.45) is 11.8 Å². The van der Waals surface area contributed by atoms with Gasteiger partial charge in [-0.15, -0.1) is 0 Å². The summed E-state index contributed by atoms with van der Waals surface area (Å²) in [4.78, 5) is 29.3. The van der Waals surface area contributed by atoms with Gasteiger partial charge in [0.25, 0.3) is 0 Å². The van der Waals surface area contributed by atoms with Gasteiger partial charge in [0, 0.05) is 5.02 Å². The lowest BCUT2D eigenvalue weighted by molar-refractivity contribution is -0.122. The lowest BCUT2D eigenvalue weighted by Crippen LogP contribution is -2.56. The van der Waals surface area contributed by atoms with E-state index in [1.165, 1.54) is 4.90 Å². The molecule has 7 rings (SSSR count). The van der Waals surface area contributed by atoms with Crippen LogP contribution in [0.5, 0.6) is 0 Å². The van der Waals surface area contributed by atoms with E-state index in [4.69, 9.17) is 11.6 Å². The number of alkyl halides is 2. The standard InChI is InChI=1S/C25H16Br2ClNO2/c1-13-10-11-14(28)12-19(13)29-22(30)20-21(23(29)31)25(27)16-7-3-2-6-15(16)24(20,26)17-8-4-5-9-18(17)25/h2-12,20-21H,1H3/t20-,21+,24?,25?. The molecule has 1 fully saturated rings. The van der Waals surface area contributed by atoms with E-state index in [2.05, 4.69) is 56.1 Å². The van der Waals surface area contributed by atoms with Crippen LogP contribution in [-0.4, -0.2) is 11.8 Å². The van der Waals surface area contributed by atoms with E-state index in [1.54, 1.807) is 12.1 Å². The first-order valence-electron chi connectivity index (χ1n) is 10.0. The van der Waals surface area contributed by atoms with Crippen LogP contribution >= 0.6 is 43.5 Å². The van der Waals surface area contributed by atoms with E-state index < -0.39 is 20.5 Å². The van der Waals surface area contributed by atoms with Gasteiger partial charge in [-0.2, -0.15) is 0 Å². The molecule has 0 radical (unpaired) electrons. The normalized spacial score (nSPS) is 30.3. The Kier molecular flexibility index (Phi) is 4.01. The molecule has 31 heavy (non-hydrogen) atoms. The van der Waals surface area contributed by atoms with E-state index >= 15 is 0 Å². The number of benzene rings is 3. The van der Waals surface area contributed by atoms with Crippen LogP contribution in [0.1, 0.15) is 27.8 Å². The maximum atomic E-state index is 14.0. The molecule has 6 heteroatoms. The first kappa shape index (κ1) is 19.7. The molecular weight excluding hydrogens is 542 g/mol. The summed E-state index contributed by atoms with van der Waals surface area (Å²) in [5.41, 5.74) is 5.49. The molecule has 3 aliphatic carbocycles. The van der Waals surface area contributed by atoms with Gasteiger partial charge in [-0.05, 0) is 46.9 Å². The van der Waals surface area contributed by atoms with Crippen molar-refractivity contribution in [3.05, 3.63) is 99.6 Å². The number of imide groups is 1. The molecule has 0 unspecified atom stereocenters. The van der Waals surface area contributed by atoms with Crippen molar-refractivity contribution in [3.63, 3.8) is 0 Å². The molecular formula is C25H16Br2ClNO2. The number of amides is 2. The molecule has 154 valence electrons. The third-order valence-electron chi connectivity index (χ3n) is 7.00. The molecule has 0 N–H and O–H groups in total. The van der Waals surface area contributed by atoms with Crippen LogP contribution in [-0.2, 0) is 18.2 Å². The van der Waals surface area contributed by atoms with E-state index in [1.807, 2.05) is 37.3 Å². The van der Waals surface area contributed by atoms with Crippen molar-refractivity contribution >= 4 is 61.0 Å². The molecule has 1 aliphatic heterocycles. The molecule has 3 aromatic carbocycles. The van der Waals surface area contributed by atoms with Gasteiger partial charge in [-0.25, -0.2) is 4.90 Å². The quantitative estimate of drug-likeness (QED) is 0.270. The van der Waals surface area contributed by atoms with Gasteiger partial charge in [-0.3, -0.25) is 9.59 Å². The number of aryl methyl sites for hydroxylation is 1. The Hall–Kier alpha value is -1.95. The third-order valence-corrected chi connectivity index (χ3v) is 9.93. The van der Waals surface area contributed by atoms with E-state index in [9.17, 15) is 9.59 Å². The first-order chi connectivity index (χ1) is 14.8. The van der Waals surface area contributed by atoms with Crippen LogP contribution in [0.2, 0.25) is 5.02 Å². The SMILES string of the molecule is Cc1ccc(Cl)cc1N1C(=O)[C@@H]2[C@H](C1=O)C1(Br)c3ccccc3C2(Br)c2ccccc21. The zero-order chi connectivity index (χ0) is 21.7. The highest BCUT2D eigenvalue weighted by atomic mass is 79.9. The van der Waals surface area contributed by atoms with Crippen LogP contribution < -0.4 is 4.90 Å². The number of anilines is 1. The predicted octanol–water partition coefficient (Wildman–Crippen LogP) is 6.06. The van der Waals surface area contributed by atoms with Crippen LogP contribution in [0.3, 0.4) is 0 Å². The number of carbonyl (C=O) groups excluding carboxylic acids is 2. The highest BCUT2D eigenvalue weighted by molar-refractivity contribution is 9.10. The molecule has 3 aromatic rings. The van der Waals surface area contributed by atoms with Gasteiger partial charge in [0.15, 0.2) is 0 Å². The lowest BCUT2D eigenvalue weighted by atomic mass is 9.54. The number of carbonyl (C=O) groups is 2. The molecule has 2 amide bonds. The Morgan fingerprint density at radius 2 is 1.19 bits per heavy atom. The topological polar surface area (TPSA) is 37.4 Å². The Morgan fingerprint density at radius 3 is 1.61 bits per heavy atom. The summed E-state index contributed by atoms with van der Waals surface area (Å²) in [6.45, 7) is 1.89. The van der Waals surface area contributed by atoms with Crippen molar-refractivity contribution < 1.29 is 9.59 Å². The van der Waals surface area contributed by atoms with Crippen LogP contribution in [0.15, 0.2) is 66.7 Å². The molecule has 4 aliphatic rings. The number of hydrogen-bond donors (Lipinski definition) is 0. The molecule has 0 spiro atoms. The minimum atomic E-state index is -0.783. The summed E-state index contributed by atoms with van der Waals surface area (Å²) in [7, 11) is 0. The minimum absolute atomic E-state index is 0.204. The van der Waals surface area contributed by atoms with Crippen molar-refractivity contribution in [3.8, 4) is 0 Å². The molecule has 1 saturated heterocycles. The van der Waals surface area contributed by atoms with Gasteiger partial charge in [0.05, 0.1) is 26.2 Å². The van der Waals surface area contributed by atoms with E-state index in [-0.39, 0.29) is 11.8 Å². The maximum Gasteiger partial charge on any atom is 0.239 e. The van der Waals surface area contributed by atoms with Crippen LogP contribution in [0.25, 0.3) is 0 Å². The molecule has 3 nitrogen and oxygen atoms in total. The van der Waals surface area contributed by atoms with Gasteiger partial charge < -0.3 is 0 Å². The summed E-state index contributed by atoms with van der Waals surface area (Å²) in [5, 5.41) is 0.493. The maximum absolute atomic E-state index is 14.0. The summed E-state index contributed by atoms with van der Waals surface area (Å²) in [5.74, 6) is -1.57.